The summed E-state index contributed by atoms with van der Waals surface area (Å²) in [5.41, 5.74) is 0.977. The van der Waals surface area contributed by atoms with Gasteiger partial charge in [-0.25, -0.2) is 9.37 Å². The lowest BCUT2D eigenvalue weighted by Crippen LogP contribution is -2.41. The van der Waals surface area contributed by atoms with Crippen molar-refractivity contribution in [1.82, 2.24) is 9.88 Å². The summed E-state index contributed by atoms with van der Waals surface area (Å²) in [7, 11) is 0. The molecular weight excluding hydrogens is 281 g/mol. The topological polar surface area (TPSA) is 37.4 Å². The Morgan fingerprint density at radius 1 is 1.18 bits per heavy atom. The molecule has 2 aromatic rings. The Labute approximate surface area is 129 Å². The Hall–Kier alpha value is -1.98. The van der Waals surface area contributed by atoms with Gasteiger partial charge in [0.1, 0.15) is 11.6 Å². The molecule has 0 amide bonds. The molecule has 4 nitrogen and oxygen atoms in total. The van der Waals surface area contributed by atoms with E-state index in [9.17, 15) is 4.39 Å². The highest BCUT2D eigenvalue weighted by molar-refractivity contribution is 5.34. The van der Waals surface area contributed by atoms with E-state index in [1.165, 1.54) is 6.07 Å². The van der Waals surface area contributed by atoms with Crippen molar-refractivity contribution >= 4 is 5.82 Å². The van der Waals surface area contributed by atoms with E-state index in [0.717, 1.165) is 37.7 Å². The van der Waals surface area contributed by atoms with E-state index in [1.807, 2.05) is 24.3 Å². The fourth-order valence-electron chi connectivity index (χ4n) is 2.73. The molecule has 1 atom stereocenters. The van der Waals surface area contributed by atoms with Crippen molar-refractivity contribution in [2.75, 3.05) is 38.2 Å². The maximum Gasteiger partial charge on any atom is 0.125 e. The predicted molar refractivity (Wildman–Crippen MR) is 84.3 cm³/mol. The molecule has 22 heavy (non-hydrogen) atoms. The number of rotatable bonds is 5. The molecule has 1 saturated heterocycles. The Kier molecular flexibility index (Phi) is 4.98. The average Bonchev–Trinajstić information content (AvgIpc) is 2.57. The van der Waals surface area contributed by atoms with E-state index >= 15 is 0 Å². The minimum atomic E-state index is -0.200. The summed E-state index contributed by atoms with van der Waals surface area (Å²) >= 11 is 0. The van der Waals surface area contributed by atoms with Gasteiger partial charge in [0.15, 0.2) is 0 Å². The molecule has 3 rings (SSSR count). The lowest BCUT2D eigenvalue weighted by Gasteiger charge is -2.35. The minimum Gasteiger partial charge on any atom is -0.379 e. The Morgan fingerprint density at radius 2 is 2.05 bits per heavy atom. The summed E-state index contributed by atoms with van der Waals surface area (Å²) in [6.07, 6.45) is 1.76. The molecule has 0 spiro atoms. The SMILES string of the molecule is Fc1cccc(C(CNc2ccccn2)N2CCOCC2)c1. The molecule has 2 heterocycles. The van der Waals surface area contributed by atoms with Crippen molar-refractivity contribution < 1.29 is 9.13 Å². The smallest absolute Gasteiger partial charge is 0.125 e. The summed E-state index contributed by atoms with van der Waals surface area (Å²) in [5.74, 6) is 0.630. The first-order valence-electron chi connectivity index (χ1n) is 7.55. The number of morpholine rings is 1. The third kappa shape index (κ3) is 3.81. The summed E-state index contributed by atoms with van der Waals surface area (Å²) in [4.78, 5) is 6.61. The molecule has 0 radical (unpaired) electrons. The lowest BCUT2D eigenvalue weighted by atomic mass is 10.0. The zero-order chi connectivity index (χ0) is 15.2. The highest BCUT2D eigenvalue weighted by Crippen LogP contribution is 2.23. The molecule has 0 aliphatic carbocycles. The molecular formula is C17H20FN3O. The van der Waals surface area contributed by atoms with Crippen LogP contribution >= 0.6 is 0 Å². The van der Waals surface area contributed by atoms with Crippen LogP contribution in [-0.2, 0) is 4.74 Å². The second-order valence-electron chi connectivity index (χ2n) is 5.32. The van der Waals surface area contributed by atoms with Gasteiger partial charge in [-0.3, -0.25) is 4.90 Å². The molecule has 1 aromatic heterocycles. The van der Waals surface area contributed by atoms with Crippen LogP contribution < -0.4 is 5.32 Å². The Bertz CT molecular complexity index is 587. The van der Waals surface area contributed by atoms with Gasteiger partial charge < -0.3 is 10.1 Å². The van der Waals surface area contributed by atoms with Gasteiger partial charge in [-0.2, -0.15) is 0 Å². The number of ether oxygens (including phenoxy) is 1. The maximum absolute atomic E-state index is 13.6. The van der Waals surface area contributed by atoms with Crippen LogP contribution in [0.1, 0.15) is 11.6 Å². The van der Waals surface area contributed by atoms with Crippen molar-refractivity contribution in [3.8, 4) is 0 Å². The minimum absolute atomic E-state index is 0.0987. The van der Waals surface area contributed by atoms with Crippen molar-refractivity contribution in [2.24, 2.45) is 0 Å². The second kappa shape index (κ2) is 7.33. The third-order valence-corrected chi connectivity index (χ3v) is 3.86. The number of anilines is 1. The fourth-order valence-corrected chi connectivity index (χ4v) is 2.73. The highest BCUT2D eigenvalue weighted by Gasteiger charge is 2.22. The van der Waals surface area contributed by atoms with Crippen molar-refractivity contribution in [3.05, 3.63) is 60.0 Å². The standard InChI is InChI=1S/C17H20FN3O/c18-15-5-3-4-14(12-15)16(21-8-10-22-11-9-21)13-20-17-6-1-2-7-19-17/h1-7,12,16H,8-11,13H2,(H,19,20). The number of hydrogen-bond acceptors (Lipinski definition) is 4. The first kappa shape index (κ1) is 14.9. The van der Waals surface area contributed by atoms with Crippen LogP contribution in [0.2, 0.25) is 0 Å². The van der Waals surface area contributed by atoms with Gasteiger partial charge in [0.25, 0.3) is 0 Å². The Morgan fingerprint density at radius 3 is 2.77 bits per heavy atom. The number of pyridine rings is 1. The van der Waals surface area contributed by atoms with Crippen LogP contribution in [-0.4, -0.2) is 42.7 Å². The van der Waals surface area contributed by atoms with Crippen LogP contribution in [0.5, 0.6) is 0 Å². The summed E-state index contributed by atoms with van der Waals surface area (Å²) in [6, 6.07) is 12.7. The summed E-state index contributed by atoms with van der Waals surface area (Å²) in [6.45, 7) is 3.82. The van der Waals surface area contributed by atoms with Gasteiger partial charge in [0.05, 0.1) is 19.3 Å². The lowest BCUT2D eigenvalue weighted by molar-refractivity contribution is 0.0186. The molecule has 1 N–H and O–H groups in total. The molecule has 1 fully saturated rings. The third-order valence-electron chi connectivity index (χ3n) is 3.86. The maximum atomic E-state index is 13.6. The van der Waals surface area contributed by atoms with E-state index < -0.39 is 0 Å². The van der Waals surface area contributed by atoms with Crippen molar-refractivity contribution in [1.29, 1.82) is 0 Å². The van der Waals surface area contributed by atoms with Gasteiger partial charge >= 0.3 is 0 Å². The number of aromatic nitrogens is 1. The summed E-state index contributed by atoms with van der Waals surface area (Å²) in [5, 5.41) is 3.34. The molecule has 1 aliphatic heterocycles. The molecule has 1 aliphatic rings. The van der Waals surface area contributed by atoms with Crippen LogP contribution in [0.25, 0.3) is 0 Å². The van der Waals surface area contributed by atoms with Crippen LogP contribution in [0.15, 0.2) is 48.7 Å². The van der Waals surface area contributed by atoms with Gasteiger partial charge in [-0.1, -0.05) is 18.2 Å². The number of nitrogens with zero attached hydrogens (tertiary/aromatic N) is 2. The molecule has 1 unspecified atom stereocenters. The second-order valence-corrected chi connectivity index (χ2v) is 5.32. The zero-order valence-electron chi connectivity index (χ0n) is 12.4. The Balaban J connectivity index is 1.76. The number of halogens is 1. The predicted octanol–water partition coefficient (Wildman–Crippen LogP) is 2.71. The number of hydrogen-bond donors (Lipinski definition) is 1. The number of benzene rings is 1. The first-order valence-corrected chi connectivity index (χ1v) is 7.55. The number of nitrogens with one attached hydrogen (secondary N) is 1. The first-order chi connectivity index (χ1) is 10.8. The van der Waals surface area contributed by atoms with Crippen LogP contribution in [0.4, 0.5) is 10.2 Å². The van der Waals surface area contributed by atoms with Crippen molar-refractivity contribution in [3.63, 3.8) is 0 Å². The van der Waals surface area contributed by atoms with Crippen molar-refractivity contribution in [2.45, 2.75) is 6.04 Å². The molecule has 116 valence electrons. The summed E-state index contributed by atoms with van der Waals surface area (Å²) < 4.78 is 19.0. The van der Waals surface area contributed by atoms with Crippen LogP contribution in [0.3, 0.4) is 0 Å². The molecule has 5 heteroatoms. The highest BCUT2D eigenvalue weighted by atomic mass is 19.1. The zero-order valence-corrected chi connectivity index (χ0v) is 12.4. The monoisotopic (exact) mass is 301 g/mol. The van der Waals surface area contributed by atoms with E-state index in [2.05, 4.69) is 15.2 Å². The molecule has 0 bridgehead atoms. The quantitative estimate of drug-likeness (QED) is 0.921. The van der Waals surface area contributed by atoms with E-state index in [1.54, 1.807) is 18.3 Å². The van der Waals surface area contributed by atoms with E-state index in [-0.39, 0.29) is 11.9 Å². The van der Waals surface area contributed by atoms with Crippen LogP contribution in [0, 0.1) is 5.82 Å². The van der Waals surface area contributed by atoms with E-state index in [0.29, 0.717) is 6.54 Å². The average molecular weight is 301 g/mol. The van der Waals surface area contributed by atoms with E-state index in [4.69, 9.17) is 4.74 Å². The molecule has 0 saturated carbocycles. The fraction of sp³-hybridized carbons (Fsp3) is 0.353. The van der Waals surface area contributed by atoms with Gasteiger partial charge in [0.2, 0.25) is 0 Å². The normalized spacial score (nSPS) is 17.1. The van der Waals surface area contributed by atoms with Gasteiger partial charge in [0, 0.05) is 25.8 Å². The largest absolute Gasteiger partial charge is 0.379 e. The van der Waals surface area contributed by atoms with Gasteiger partial charge in [-0.05, 0) is 29.8 Å². The molecule has 1 aromatic carbocycles. The van der Waals surface area contributed by atoms with Gasteiger partial charge in [-0.15, -0.1) is 0 Å².